The molecule has 0 aliphatic carbocycles. The van der Waals surface area contributed by atoms with Crippen molar-refractivity contribution in [3.05, 3.63) is 56.8 Å². The number of hydrogen-bond donors (Lipinski definition) is 3. The normalized spacial score (nSPS) is 29.9. The van der Waals surface area contributed by atoms with E-state index in [1.807, 2.05) is 16.7 Å². The zero-order valence-corrected chi connectivity index (χ0v) is 25.3. The molecule has 0 saturated carbocycles. The van der Waals surface area contributed by atoms with E-state index in [0.29, 0.717) is 39.2 Å². The molecule has 3 fully saturated rings. The van der Waals surface area contributed by atoms with Gasteiger partial charge in [-0.05, 0) is 84.7 Å². The van der Waals surface area contributed by atoms with Gasteiger partial charge in [0.2, 0.25) is 0 Å². The van der Waals surface area contributed by atoms with Gasteiger partial charge in [-0.3, -0.25) is 14.8 Å². The third-order valence-corrected chi connectivity index (χ3v) is 9.51. The quantitative estimate of drug-likeness (QED) is 0.405. The molecular weight excluding hydrogens is 594 g/mol. The monoisotopic (exact) mass is 629 g/mol. The third kappa shape index (κ3) is 5.77. The first-order valence-electron chi connectivity index (χ1n) is 14.3. The van der Waals surface area contributed by atoms with Crippen molar-refractivity contribution in [3.63, 3.8) is 0 Å². The van der Waals surface area contributed by atoms with Crippen LogP contribution in [0.5, 0.6) is 0 Å². The topological polar surface area (TPSA) is 105 Å². The Morgan fingerprint density at radius 3 is 2.77 bits per heavy atom. The largest absolute Gasteiger partial charge is 0.312 e. The number of nitrogens with one attached hydrogen (secondary N) is 3. The highest BCUT2D eigenvalue weighted by molar-refractivity contribution is 9.10. The molecule has 3 aliphatic heterocycles. The van der Waals surface area contributed by atoms with Crippen molar-refractivity contribution in [1.29, 1.82) is 0 Å². The maximum atomic E-state index is 13.8. The van der Waals surface area contributed by atoms with Crippen molar-refractivity contribution >= 4 is 27.5 Å². The van der Waals surface area contributed by atoms with E-state index >= 15 is 0 Å². The van der Waals surface area contributed by atoms with Gasteiger partial charge >= 0.3 is 0 Å². The molecule has 10 nitrogen and oxygen atoms in total. The van der Waals surface area contributed by atoms with Crippen LogP contribution < -0.4 is 21.6 Å². The van der Waals surface area contributed by atoms with Gasteiger partial charge in [0.05, 0.1) is 29.9 Å². The van der Waals surface area contributed by atoms with Crippen LogP contribution in [-0.2, 0) is 0 Å². The van der Waals surface area contributed by atoms with E-state index in [1.54, 1.807) is 29.3 Å². The number of hydrogen-bond acceptors (Lipinski definition) is 8. The molecule has 5 heterocycles. The Hall–Kier alpha value is -2.15. The first-order valence-corrected chi connectivity index (χ1v) is 15.4. The highest BCUT2D eigenvalue weighted by Gasteiger charge is 2.41. The molecule has 12 heteroatoms. The first-order chi connectivity index (χ1) is 19.4. The molecule has 3 aromatic rings. The Bertz CT molecular complexity index is 1400. The average Bonchev–Trinajstić information content (AvgIpc) is 3.54. The van der Waals surface area contributed by atoms with E-state index < -0.39 is 0 Å². The van der Waals surface area contributed by atoms with E-state index in [4.69, 9.17) is 16.6 Å². The SMILES string of the molecule is C[C@@H]1CCC[C@H](n2cnc(-c3cc(Cl)ccc3-n3cc(Br)nn3)cc2=O)C2CC(CCN2)C2C(CNN2C)NC1. The number of nitrogens with zero attached hydrogens (tertiary/aromatic N) is 6. The van der Waals surface area contributed by atoms with Crippen LogP contribution in [0.2, 0.25) is 5.02 Å². The van der Waals surface area contributed by atoms with Crippen molar-refractivity contribution < 1.29 is 0 Å². The van der Waals surface area contributed by atoms with E-state index in [2.05, 4.69) is 61.3 Å². The summed E-state index contributed by atoms with van der Waals surface area (Å²) < 4.78 is 4.14. The summed E-state index contributed by atoms with van der Waals surface area (Å²) in [5.74, 6) is 1.12. The summed E-state index contributed by atoms with van der Waals surface area (Å²) in [4.78, 5) is 18.6. The van der Waals surface area contributed by atoms with Gasteiger partial charge in [0.25, 0.3) is 5.56 Å². The smallest absolute Gasteiger partial charge is 0.254 e. The number of hydrazine groups is 1. The van der Waals surface area contributed by atoms with Gasteiger partial charge in [-0.2, -0.15) is 0 Å². The number of benzene rings is 1. The van der Waals surface area contributed by atoms with Crippen LogP contribution >= 0.6 is 27.5 Å². The summed E-state index contributed by atoms with van der Waals surface area (Å²) in [6.45, 7) is 5.27. The first kappa shape index (κ1) is 28.0. The van der Waals surface area contributed by atoms with Gasteiger partial charge < -0.3 is 10.6 Å². The Kier molecular flexibility index (Phi) is 8.39. The maximum Gasteiger partial charge on any atom is 0.254 e. The van der Waals surface area contributed by atoms with Crippen LogP contribution in [0.1, 0.15) is 45.1 Å². The lowest BCUT2D eigenvalue weighted by Crippen LogP contribution is -2.54. The Labute approximate surface area is 248 Å². The molecule has 3 aliphatic rings. The fourth-order valence-electron chi connectivity index (χ4n) is 6.91. The molecule has 3 saturated heterocycles. The predicted molar refractivity (Wildman–Crippen MR) is 159 cm³/mol. The van der Waals surface area contributed by atoms with Gasteiger partial charge in [0.15, 0.2) is 0 Å². The lowest BCUT2D eigenvalue weighted by Gasteiger charge is -2.42. The standard InChI is InChI=1S/C28H37BrClN9O/c1-17-4-3-5-25(22-10-18(8-9-31-22)28-23(32-13-17)14-34-37(28)2)38-16-33-21(12-27(38)40)20-11-19(30)6-7-24(20)39-15-26(29)35-36-39/h6-7,11-12,15-18,22-23,25,28,31-32,34H,3-5,8-10,13-14H2,1-2H3/t17-,18?,22?,23?,25+,28?/m1/s1. The Balaban J connectivity index is 1.33. The highest BCUT2D eigenvalue weighted by Crippen LogP contribution is 2.34. The van der Waals surface area contributed by atoms with Crippen molar-refractivity contribution in [2.75, 3.05) is 26.7 Å². The number of halogens is 2. The molecule has 3 N–H and O–H groups in total. The molecule has 0 radical (unpaired) electrons. The molecule has 6 atom stereocenters. The van der Waals surface area contributed by atoms with Crippen molar-refractivity contribution in [2.45, 2.75) is 63.2 Å². The van der Waals surface area contributed by atoms with Crippen molar-refractivity contribution in [1.82, 2.24) is 45.6 Å². The molecule has 2 aromatic heterocycles. The number of fused-ring (bicyclic) bond motifs is 4. The van der Waals surface area contributed by atoms with Crippen LogP contribution in [0.15, 0.2) is 46.2 Å². The maximum absolute atomic E-state index is 13.8. The Morgan fingerprint density at radius 1 is 1.10 bits per heavy atom. The lowest BCUT2D eigenvalue weighted by atomic mass is 9.80. The van der Waals surface area contributed by atoms with E-state index in [1.165, 1.54) is 0 Å². The second-order valence-electron chi connectivity index (χ2n) is 11.6. The van der Waals surface area contributed by atoms with Crippen molar-refractivity contribution in [3.8, 4) is 16.9 Å². The molecule has 4 unspecified atom stereocenters. The van der Waals surface area contributed by atoms with Gasteiger partial charge in [0.1, 0.15) is 4.60 Å². The summed E-state index contributed by atoms with van der Waals surface area (Å²) in [6, 6.07) is 8.24. The molecular formula is C28H37BrClN9O. The highest BCUT2D eigenvalue weighted by atomic mass is 79.9. The van der Waals surface area contributed by atoms with Gasteiger partial charge in [0, 0.05) is 48.4 Å². The van der Waals surface area contributed by atoms with Gasteiger partial charge in [-0.15, -0.1) is 5.10 Å². The summed E-state index contributed by atoms with van der Waals surface area (Å²) in [7, 11) is 2.17. The number of aromatic nitrogens is 5. The van der Waals surface area contributed by atoms with Crippen LogP contribution in [-0.4, -0.2) is 74.4 Å². The van der Waals surface area contributed by atoms with Crippen LogP contribution in [0.3, 0.4) is 0 Å². The molecule has 1 aromatic carbocycles. The number of rotatable bonds is 3. The van der Waals surface area contributed by atoms with Crippen LogP contribution in [0, 0.1) is 11.8 Å². The third-order valence-electron chi connectivity index (χ3n) is 8.91. The van der Waals surface area contributed by atoms with Gasteiger partial charge in [-0.25, -0.2) is 14.7 Å². The van der Waals surface area contributed by atoms with Crippen molar-refractivity contribution in [2.24, 2.45) is 11.8 Å². The van der Waals surface area contributed by atoms with E-state index in [9.17, 15) is 4.79 Å². The predicted octanol–water partition coefficient (Wildman–Crippen LogP) is 3.41. The molecule has 0 amide bonds. The second-order valence-corrected chi connectivity index (χ2v) is 12.8. The minimum absolute atomic E-state index is 0.0413. The summed E-state index contributed by atoms with van der Waals surface area (Å²) in [6.07, 6.45) is 8.79. The minimum atomic E-state index is -0.0519. The Morgan fingerprint density at radius 2 is 1.98 bits per heavy atom. The second kappa shape index (κ2) is 12.0. The molecule has 6 rings (SSSR count). The summed E-state index contributed by atoms with van der Waals surface area (Å²) >= 11 is 9.73. The van der Waals surface area contributed by atoms with E-state index in [-0.39, 0.29) is 17.6 Å². The number of piperidine rings is 1. The molecule has 0 spiro atoms. The molecule has 2 bridgehead atoms. The summed E-state index contributed by atoms with van der Waals surface area (Å²) in [5, 5.41) is 18.7. The fraction of sp³-hybridized carbons (Fsp3) is 0.571. The minimum Gasteiger partial charge on any atom is -0.312 e. The zero-order valence-electron chi connectivity index (χ0n) is 22.9. The number of likely N-dealkylation sites (N-methyl/N-ethyl adjacent to an activating group) is 1. The van der Waals surface area contributed by atoms with E-state index in [0.717, 1.165) is 63.0 Å². The van der Waals surface area contributed by atoms with Crippen LogP contribution in [0.4, 0.5) is 0 Å². The molecule has 214 valence electrons. The summed E-state index contributed by atoms with van der Waals surface area (Å²) in [5.41, 5.74) is 5.56. The van der Waals surface area contributed by atoms with Crippen LogP contribution in [0.25, 0.3) is 16.9 Å². The van der Waals surface area contributed by atoms with Gasteiger partial charge in [-0.1, -0.05) is 30.2 Å². The lowest BCUT2D eigenvalue weighted by molar-refractivity contribution is 0.108. The zero-order chi connectivity index (χ0) is 27.8. The fourth-order valence-corrected chi connectivity index (χ4v) is 7.34. The average molecular weight is 631 g/mol. The molecule has 40 heavy (non-hydrogen) atoms.